The topological polar surface area (TPSA) is 21.3 Å². The van der Waals surface area contributed by atoms with E-state index in [2.05, 4.69) is 5.32 Å². The summed E-state index contributed by atoms with van der Waals surface area (Å²) in [7, 11) is 1.82. The average molecular weight is 211 g/mol. The zero-order valence-electron chi connectivity index (χ0n) is 10.1. The fourth-order valence-electron chi connectivity index (χ4n) is 3.32. The highest BCUT2D eigenvalue weighted by molar-refractivity contribution is 4.95. The minimum atomic E-state index is 0.436. The second kappa shape index (κ2) is 5.31. The third kappa shape index (κ3) is 2.94. The lowest BCUT2D eigenvalue weighted by molar-refractivity contribution is 0.148. The lowest BCUT2D eigenvalue weighted by Crippen LogP contribution is -2.48. The summed E-state index contributed by atoms with van der Waals surface area (Å²) in [6, 6.07) is 0.806. The van der Waals surface area contributed by atoms with E-state index in [0.29, 0.717) is 5.54 Å². The van der Waals surface area contributed by atoms with Gasteiger partial charge in [-0.15, -0.1) is 0 Å². The van der Waals surface area contributed by atoms with Gasteiger partial charge in [0.05, 0.1) is 0 Å². The number of methoxy groups -OCH3 is 1. The first-order valence-corrected chi connectivity index (χ1v) is 6.61. The fraction of sp³-hybridized carbons (Fsp3) is 1.00. The van der Waals surface area contributed by atoms with Crippen molar-refractivity contribution in [1.82, 2.24) is 5.32 Å². The Morgan fingerprint density at radius 2 is 1.80 bits per heavy atom. The summed E-state index contributed by atoms with van der Waals surface area (Å²) in [6.45, 7) is 0.916. The van der Waals surface area contributed by atoms with Crippen LogP contribution in [0.5, 0.6) is 0 Å². The standard InChI is InChI=1S/C13H25NO/c1-15-11-10-13(8-4-5-9-13)14-12-6-2-3-7-12/h12,14H,2-11H2,1H3. The molecule has 0 atom stereocenters. The Bertz CT molecular complexity index is 181. The summed E-state index contributed by atoms with van der Waals surface area (Å²) < 4.78 is 5.25. The maximum Gasteiger partial charge on any atom is 0.0479 e. The first-order chi connectivity index (χ1) is 7.35. The van der Waals surface area contributed by atoms with Gasteiger partial charge in [0.2, 0.25) is 0 Å². The molecule has 88 valence electrons. The largest absolute Gasteiger partial charge is 0.385 e. The van der Waals surface area contributed by atoms with Crippen LogP contribution in [-0.2, 0) is 4.74 Å². The molecule has 2 aliphatic carbocycles. The molecular weight excluding hydrogens is 186 g/mol. The highest BCUT2D eigenvalue weighted by Crippen LogP contribution is 2.34. The molecule has 15 heavy (non-hydrogen) atoms. The summed E-state index contributed by atoms with van der Waals surface area (Å²) in [6.07, 6.45) is 12.4. The molecule has 0 saturated heterocycles. The van der Waals surface area contributed by atoms with Gasteiger partial charge >= 0.3 is 0 Å². The van der Waals surface area contributed by atoms with Crippen LogP contribution in [0, 0.1) is 0 Å². The second-order valence-corrected chi connectivity index (χ2v) is 5.36. The average Bonchev–Trinajstić information content (AvgIpc) is 2.88. The van der Waals surface area contributed by atoms with Crippen molar-refractivity contribution in [3.63, 3.8) is 0 Å². The lowest BCUT2D eigenvalue weighted by Gasteiger charge is -2.33. The molecule has 0 bridgehead atoms. The van der Waals surface area contributed by atoms with Crippen molar-refractivity contribution in [2.24, 2.45) is 0 Å². The summed E-state index contributed by atoms with van der Waals surface area (Å²) in [5.74, 6) is 0. The molecule has 2 rings (SSSR count). The maximum absolute atomic E-state index is 5.25. The number of rotatable bonds is 5. The van der Waals surface area contributed by atoms with E-state index in [1.165, 1.54) is 57.8 Å². The normalized spacial score (nSPS) is 26.2. The molecule has 2 heteroatoms. The van der Waals surface area contributed by atoms with Gasteiger partial charge in [-0.3, -0.25) is 0 Å². The molecule has 0 heterocycles. The molecular formula is C13H25NO. The predicted molar refractivity (Wildman–Crippen MR) is 63.1 cm³/mol. The van der Waals surface area contributed by atoms with Crippen molar-refractivity contribution >= 4 is 0 Å². The molecule has 0 amide bonds. The van der Waals surface area contributed by atoms with E-state index < -0.39 is 0 Å². The van der Waals surface area contributed by atoms with Crippen LogP contribution in [0.3, 0.4) is 0 Å². The smallest absolute Gasteiger partial charge is 0.0479 e. The van der Waals surface area contributed by atoms with E-state index in [1.807, 2.05) is 7.11 Å². The van der Waals surface area contributed by atoms with E-state index in [9.17, 15) is 0 Å². The van der Waals surface area contributed by atoms with Gasteiger partial charge in [-0.1, -0.05) is 25.7 Å². The van der Waals surface area contributed by atoms with Crippen LogP contribution in [0.2, 0.25) is 0 Å². The van der Waals surface area contributed by atoms with Crippen LogP contribution in [0.4, 0.5) is 0 Å². The maximum atomic E-state index is 5.25. The molecule has 0 aromatic heterocycles. The van der Waals surface area contributed by atoms with Crippen molar-refractivity contribution in [2.45, 2.75) is 69.4 Å². The molecule has 0 unspecified atom stereocenters. The van der Waals surface area contributed by atoms with E-state index in [1.54, 1.807) is 0 Å². The predicted octanol–water partition coefficient (Wildman–Crippen LogP) is 2.87. The van der Waals surface area contributed by atoms with Crippen molar-refractivity contribution in [3.05, 3.63) is 0 Å². The Balaban J connectivity index is 1.86. The van der Waals surface area contributed by atoms with Gasteiger partial charge < -0.3 is 10.1 Å². The SMILES string of the molecule is COCCC1(NC2CCCC2)CCCC1. The van der Waals surface area contributed by atoms with Crippen LogP contribution in [-0.4, -0.2) is 25.3 Å². The molecule has 0 aliphatic heterocycles. The highest BCUT2D eigenvalue weighted by atomic mass is 16.5. The minimum absolute atomic E-state index is 0.436. The zero-order chi connectivity index (χ0) is 10.6. The van der Waals surface area contributed by atoms with Crippen molar-refractivity contribution in [3.8, 4) is 0 Å². The van der Waals surface area contributed by atoms with Crippen molar-refractivity contribution < 1.29 is 4.74 Å². The van der Waals surface area contributed by atoms with Gasteiger partial charge in [0.15, 0.2) is 0 Å². The Morgan fingerprint density at radius 1 is 1.13 bits per heavy atom. The Hall–Kier alpha value is -0.0800. The Labute approximate surface area is 93.8 Å². The monoisotopic (exact) mass is 211 g/mol. The van der Waals surface area contributed by atoms with Gasteiger partial charge in [-0.25, -0.2) is 0 Å². The summed E-state index contributed by atoms with van der Waals surface area (Å²) >= 11 is 0. The molecule has 0 aromatic carbocycles. The molecule has 0 aromatic rings. The van der Waals surface area contributed by atoms with Crippen molar-refractivity contribution in [1.29, 1.82) is 0 Å². The summed E-state index contributed by atoms with van der Waals surface area (Å²) in [5, 5.41) is 3.95. The molecule has 0 spiro atoms. The van der Waals surface area contributed by atoms with Crippen LogP contribution < -0.4 is 5.32 Å². The first kappa shape index (κ1) is 11.4. The third-order valence-corrected chi connectivity index (χ3v) is 4.21. The van der Waals surface area contributed by atoms with E-state index in [0.717, 1.165) is 12.6 Å². The molecule has 1 N–H and O–H groups in total. The third-order valence-electron chi connectivity index (χ3n) is 4.21. The molecule has 2 nitrogen and oxygen atoms in total. The Morgan fingerprint density at radius 3 is 2.40 bits per heavy atom. The fourth-order valence-corrected chi connectivity index (χ4v) is 3.32. The number of hydrogen-bond acceptors (Lipinski definition) is 2. The molecule has 2 fully saturated rings. The first-order valence-electron chi connectivity index (χ1n) is 6.61. The van der Waals surface area contributed by atoms with Gasteiger partial charge in [-0.2, -0.15) is 0 Å². The number of nitrogens with one attached hydrogen (secondary N) is 1. The van der Waals surface area contributed by atoms with Crippen LogP contribution in [0.25, 0.3) is 0 Å². The number of hydrogen-bond donors (Lipinski definition) is 1. The van der Waals surface area contributed by atoms with Crippen molar-refractivity contribution in [2.75, 3.05) is 13.7 Å². The van der Waals surface area contributed by atoms with E-state index in [4.69, 9.17) is 4.74 Å². The van der Waals surface area contributed by atoms with Gasteiger partial charge in [-0.05, 0) is 32.1 Å². The quantitative estimate of drug-likeness (QED) is 0.755. The van der Waals surface area contributed by atoms with Gasteiger partial charge in [0.1, 0.15) is 0 Å². The Kier molecular flexibility index (Phi) is 4.04. The van der Waals surface area contributed by atoms with Gasteiger partial charge in [0, 0.05) is 25.3 Å². The molecule has 2 saturated carbocycles. The summed E-state index contributed by atoms with van der Waals surface area (Å²) in [4.78, 5) is 0. The van der Waals surface area contributed by atoms with Gasteiger partial charge in [0.25, 0.3) is 0 Å². The molecule has 2 aliphatic rings. The molecule has 0 radical (unpaired) electrons. The summed E-state index contributed by atoms with van der Waals surface area (Å²) in [5.41, 5.74) is 0.436. The van der Waals surface area contributed by atoms with Crippen LogP contribution >= 0.6 is 0 Å². The van der Waals surface area contributed by atoms with Crippen LogP contribution in [0.15, 0.2) is 0 Å². The minimum Gasteiger partial charge on any atom is -0.385 e. The second-order valence-electron chi connectivity index (χ2n) is 5.36. The number of ether oxygens (including phenoxy) is 1. The van der Waals surface area contributed by atoms with Crippen LogP contribution in [0.1, 0.15) is 57.8 Å². The highest BCUT2D eigenvalue weighted by Gasteiger charge is 2.35. The zero-order valence-corrected chi connectivity index (χ0v) is 10.1. The lowest BCUT2D eigenvalue weighted by atomic mass is 9.92. The van der Waals surface area contributed by atoms with E-state index in [-0.39, 0.29) is 0 Å². The van der Waals surface area contributed by atoms with E-state index >= 15 is 0 Å².